The third kappa shape index (κ3) is 3.28. The minimum Gasteiger partial charge on any atom is -0.395 e. The summed E-state index contributed by atoms with van der Waals surface area (Å²) in [5, 5.41) is 12.2. The summed E-state index contributed by atoms with van der Waals surface area (Å²) in [5.74, 6) is 0.691. The largest absolute Gasteiger partial charge is 0.395 e. The molecular weight excluding hydrogens is 254 g/mol. The zero-order chi connectivity index (χ0) is 14.5. The number of aliphatic hydroxyl groups excluding tert-OH is 1. The highest BCUT2D eigenvalue weighted by Gasteiger charge is 2.27. The Hall–Kier alpha value is -1.62. The molecule has 0 bridgehead atoms. The van der Waals surface area contributed by atoms with E-state index in [0.29, 0.717) is 17.9 Å². The highest BCUT2D eigenvalue weighted by atomic mass is 16.3. The van der Waals surface area contributed by atoms with Crippen LogP contribution in [0.1, 0.15) is 41.7 Å². The number of hydrogen-bond acceptors (Lipinski definition) is 4. The van der Waals surface area contributed by atoms with Crippen molar-refractivity contribution in [2.75, 3.05) is 25.5 Å². The number of rotatable bonds is 5. The van der Waals surface area contributed by atoms with Gasteiger partial charge in [-0.3, -0.25) is 4.79 Å². The number of aliphatic hydroxyl groups is 1. The van der Waals surface area contributed by atoms with Gasteiger partial charge in [0.15, 0.2) is 0 Å². The maximum Gasteiger partial charge on any atom is 0.254 e. The van der Waals surface area contributed by atoms with Gasteiger partial charge in [-0.05, 0) is 31.9 Å². The second-order valence-corrected chi connectivity index (χ2v) is 5.29. The van der Waals surface area contributed by atoms with Gasteiger partial charge in [-0.25, -0.2) is 4.98 Å². The molecule has 1 aromatic heterocycles. The van der Waals surface area contributed by atoms with Crippen LogP contribution in [-0.4, -0.2) is 47.1 Å². The van der Waals surface area contributed by atoms with E-state index in [1.807, 2.05) is 17.9 Å². The molecular formula is C15H23N3O2. The third-order valence-electron chi connectivity index (χ3n) is 3.82. The lowest BCUT2D eigenvalue weighted by Crippen LogP contribution is -2.40. The van der Waals surface area contributed by atoms with Crippen LogP contribution in [0.4, 0.5) is 5.82 Å². The van der Waals surface area contributed by atoms with Gasteiger partial charge in [-0.2, -0.15) is 0 Å². The van der Waals surface area contributed by atoms with Crippen LogP contribution in [0.15, 0.2) is 12.1 Å². The molecule has 0 aliphatic heterocycles. The Morgan fingerprint density at radius 3 is 2.75 bits per heavy atom. The minimum absolute atomic E-state index is 0.00515. The molecule has 20 heavy (non-hydrogen) atoms. The van der Waals surface area contributed by atoms with E-state index in [-0.39, 0.29) is 18.6 Å². The van der Waals surface area contributed by atoms with Crippen LogP contribution < -0.4 is 5.32 Å². The van der Waals surface area contributed by atoms with Gasteiger partial charge in [0, 0.05) is 30.9 Å². The quantitative estimate of drug-likeness (QED) is 0.861. The molecule has 1 fully saturated rings. The molecule has 5 nitrogen and oxygen atoms in total. The average molecular weight is 277 g/mol. The highest BCUT2D eigenvalue weighted by molar-refractivity contribution is 5.95. The van der Waals surface area contributed by atoms with Gasteiger partial charge in [-0.1, -0.05) is 12.8 Å². The van der Waals surface area contributed by atoms with E-state index in [1.54, 1.807) is 13.1 Å². The molecule has 0 spiro atoms. The molecule has 110 valence electrons. The second-order valence-electron chi connectivity index (χ2n) is 5.29. The van der Waals surface area contributed by atoms with E-state index in [4.69, 9.17) is 0 Å². The summed E-state index contributed by atoms with van der Waals surface area (Å²) in [4.78, 5) is 18.8. The lowest BCUT2D eigenvalue weighted by Gasteiger charge is -2.28. The molecule has 0 saturated heterocycles. The summed E-state index contributed by atoms with van der Waals surface area (Å²) >= 11 is 0. The fourth-order valence-electron chi connectivity index (χ4n) is 2.86. The smallest absolute Gasteiger partial charge is 0.254 e. The molecule has 0 atom stereocenters. The highest BCUT2D eigenvalue weighted by Crippen LogP contribution is 2.25. The number of carbonyl (C=O) groups is 1. The van der Waals surface area contributed by atoms with Gasteiger partial charge in [0.1, 0.15) is 5.82 Å². The van der Waals surface area contributed by atoms with Crippen LogP contribution in [0, 0.1) is 6.92 Å². The standard InChI is InChI=1S/C15H23N3O2/c1-11-9-12(10-14(16-2)17-11)15(20)18(7-8-19)13-5-3-4-6-13/h9-10,13,19H,3-8H2,1-2H3,(H,16,17). The summed E-state index contributed by atoms with van der Waals surface area (Å²) in [7, 11) is 1.79. The third-order valence-corrected chi connectivity index (χ3v) is 3.82. The number of hydrogen-bond donors (Lipinski definition) is 2. The fraction of sp³-hybridized carbons (Fsp3) is 0.600. The number of nitrogens with one attached hydrogen (secondary N) is 1. The van der Waals surface area contributed by atoms with Crippen molar-refractivity contribution in [3.05, 3.63) is 23.4 Å². The van der Waals surface area contributed by atoms with E-state index in [2.05, 4.69) is 10.3 Å². The Labute approximate surface area is 120 Å². The van der Waals surface area contributed by atoms with Gasteiger partial charge in [0.2, 0.25) is 0 Å². The van der Waals surface area contributed by atoms with Crippen molar-refractivity contribution >= 4 is 11.7 Å². The summed E-state index contributed by atoms with van der Waals surface area (Å²) in [5.41, 5.74) is 1.46. The molecule has 1 heterocycles. The van der Waals surface area contributed by atoms with Gasteiger partial charge >= 0.3 is 0 Å². The maximum absolute atomic E-state index is 12.7. The van der Waals surface area contributed by atoms with E-state index >= 15 is 0 Å². The SMILES string of the molecule is CNc1cc(C(=O)N(CCO)C2CCCC2)cc(C)n1. The molecule has 1 aromatic rings. The van der Waals surface area contributed by atoms with Crippen molar-refractivity contribution < 1.29 is 9.90 Å². The molecule has 1 amide bonds. The van der Waals surface area contributed by atoms with Gasteiger partial charge in [0.25, 0.3) is 5.91 Å². The molecule has 2 N–H and O–H groups in total. The number of amides is 1. The van der Waals surface area contributed by atoms with Crippen molar-refractivity contribution in [2.45, 2.75) is 38.6 Å². The fourth-order valence-corrected chi connectivity index (χ4v) is 2.86. The summed E-state index contributed by atoms with van der Waals surface area (Å²) in [6.45, 7) is 2.29. The Bertz CT molecular complexity index is 470. The van der Waals surface area contributed by atoms with Crippen LogP contribution in [-0.2, 0) is 0 Å². The second kappa shape index (κ2) is 6.70. The number of aromatic nitrogens is 1. The van der Waals surface area contributed by atoms with E-state index in [1.165, 1.54) is 0 Å². The molecule has 5 heteroatoms. The minimum atomic E-state index is -0.00653. The Morgan fingerprint density at radius 2 is 2.15 bits per heavy atom. The number of nitrogens with zero attached hydrogens (tertiary/aromatic N) is 2. The molecule has 0 unspecified atom stereocenters. The predicted octanol–water partition coefficient (Wildman–Crippen LogP) is 1.81. The van der Waals surface area contributed by atoms with Gasteiger partial charge in [0.05, 0.1) is 6.61 Å². The molecule has 0 aromatic carbocycles. The van der Waals surface area contributed by atoms with Crippen LogP contribution in [0.3, 0.4) is 0 Å². The Kier molecular flexibility index (Phi) is 4.95. The lowest BCUT2D eigenvalue weighted by molar-refractivity contribution is 0.0638. The van der Waals surface area contributed by atoms with E-state index in [0.717, 1.165) is 31.4 Å². The zero-order valence-corrected chi connectivity index (χ0v) is 12.2. The first-order valence-electron chi connectivity index (χ1n) is 7.24. The first-order chi connectivity index (χ1) is 9.65. The summed E-state index contributed by atoms with van der Waals surface area (Å²) in [6.07, 6.45) is 4.40. The molecule has 0 radical (unpaired) electrons. The summed E-state index contributed by atoms with van der Waals surface area (Å²) < 4.78 is 0. The number of pyridine rings is 1. The van der Waals surface area contributed by atoms with Crippen LogP contribution >= 0.6 is 0 Å². The van der Waals surface area contributed by atoms with E-state index in [9.17, 15) is 9.90 Å². The average Bonchev–Trinajstić information content (AvgIpc) is 2.97. The van der Waals surface area contributed by atoms with Crippen molar-refractivity contribution in [2.24, 2.45) is 0 Å². The number of aryl methyl sites for hydroxylation is 1. The predicted molar refractivity (Wildman–Crippen MR) is 78.9 cm³/mol. The zero-order valence-electron chi connectivity index (χ0n) is 12.2. The lowest BCUT2D eigenvalue weighted by atomic mass is 10.1. The first kappa shape index (κ1) is 14.8. The van der Waals surface area contributed by atoms with Crippen LogP contribution in [0.5, 0.6) is 0 Å². The molecule has 2 rings (SSSR count). The van der Waals surface area contributed by atoms with Gasteiger partial charge < -0.3 is 15.3 Å². The summed E-state index contributed by atoms with van der Waals surface area (Å²) in [6, 6.07) is 3.85. The van der Waals surface area contributed by atoms with Crippen LogP contribution in [0.2, 0.25) is 0 Å². The van der Waals surface area contributed by atoms with E-state index < -0.39 is 0 Å². The van der Waals surface area contributed by atoms with Crippen molar-refractivity contribution in [1.82, 2.24) is 9.88 Å². The monoisotopic (exact) mass is 277 g/mol. The van der Waals surface area contributed by atoms with Crippen molar-refractivity contribution in [1.29, 1.82) is 0 Å². The van der Waals surface area contributed by atoms with Crippen molar-refractivity contribution in [3.63, 3.8) is 0 Å². The first-order valence-corrected chi connectivity index (χ1v) is 7.24. The topological polar surface area (TPSA) is 65.5 Å². The molecule has 1 saturated carbocycles. The van der Waals surface area contributed by atoms with Crippen LogP contribution in [0.25, 0.3) is 0 Å². The Balaban J connectivity index is 2.24. The van der Waals surface area contributed by atoms with Crippen molar-refractivity contribution in [3.8, 4) is 0 Å². The number of carbonyl (C=O) groups excluding carboxylic acids is 1. The molecule has 1 aliphatic rings. The van der Waals surface area contributed by atoms with Gasteiger partial charge in [-0.15, -0.1) is 0 Å². The molecule has 1 aliphatic carbocycles. The normalized spacial score (nSPS) is 15.3. The maximum atomic E-state index is 12.7. The Morgan fingerprint density at radius 1 is 1.45 bits per heavy atom. The number of anilines is 1.